The van der Waals surface area contributed by atoms with Crippen molar-refractivity contribution >= 4 is 0 Å². The van der Waals surface area contributed by atoms with Gasteiger partial charge in [-0.05, 0) is 46.0 Å². The fourth-order valence-electron chi connectivity index (χ4n) is 2.06. The summed E-state index contributed by atoms with van der Waals surface area (Å²) in [6, 6.07) is 2.37. The highest BCUT2D eigenvalue weighted by Gasteiger charge is 2.32. The average Bonchev–Trinajstić information content (AvgIpc) is 2.01. The van der Waals surface area contributed by atoms with Crippen LogP contribution in [0.4, 0.5) is 0 Å². The minimum atomic E-state index is -0.128. The third kappa shape index (κ3) is 3.31. The maximum atomic E-state index is 9.01. The molecule has 0 aromatic carbocycles. The molecule has 0 bridgehead atoms. The van der Waals surface area contributed by atoms with Crippen LogP contribution in [0.5, 0.6) is 0 Å². The summed E-state index contributed by atoms with van der Waals surface area (Å²) in [5.74, 6) is 0.803. The molecule has 3 atom stereocenters. The smallest absolute Gasteiger partial charge is 0.0742 e. The highest BCUT2D eigenvalue weighted by Crippen LogP contribution is 2.32. The van der Waals surface area contributed by atoms with Crippen LogP contribution in [0.3, 0.4) is 0 Å². The molecule has 0 aromatic rings. The largest absolute Gasteiger partial charge is 0.371 e. The Morgan fingerprint density at radius 2 is 1.93 bits per heavy atom. The number of nitriles is 1. The first-order valence-corrected chi connectivity index (χ1v) is 5.50. The summed E-state index contributed by atoms with van der Waals surface area (Å²) in [5.41, 5.74) is -0.128. The van der Waals surface area contributed by atoms with Crippen molar-refractivity contribution in [3.05, 3.63) is 0 Å². The molecule has 0 radical (unpaired) electrons. The minimum Gasteiger partial charge on any atom is -0.371 e. The quantitative estimate of drug-likeness (QED) is 0.644. The van der Waals surface area contributed by atoms with Crippen LogP contribution >= 0.6 is 0 Å². The molecule has 0 aromatic heterocycles. The molecule has 1 fully saturated rings. The van der Waals surface area contributed by atoms with Gasteiger partial charge in [-0.3, -0.25) is 0 Å². The lowest BCUT2D eigenvalue weighted by atomic mass is 9.81. The van der Waals surface area contributed by atoms with Crippen molar-refractivity contribution in [1.82, 2.24) is 0 Å². The maximum Gasteiger partial charge on any atom is 0.0742 e. The van der Waals surface area contributed by atoms with Crippen molar-refractivity contribution in [2.24, 2.45) is 11.8 Å². The van der Waals surface area contributed by atoms with E-state index in [4.69, 9.17) is 10.00 Å². The van der Waals surface area contributed by atoms with Crippen LogP contribution < -0.4 is 0 Å². The van der Waals surface area contributed by atoms with Gasteiger partial charge >= 0.3 is 0 Å². The van der Waals surface area contributed by atoms with Crippen molar-refractivity contribution in [2.75, 3.05) is 0 Å². The minimum absolute atomic E-state index is 0.102. The summed E-state index contributed by atoms with van der Waals surface area (Å²) in [7, 11) is 0. The summed E-state index contributed by atoms with van der Waals surface area (Å²) in [5, 5.41) is 9.01. The van der Waals surface area contributed by atoms with Gasteiger partial charge in [-0.2, -0.15) is 5.26 Å². The van der Waals surface area contributed by atoms with Crippen molar-refractivity contribution < 1.29 is 4.74 Å². The van der Waals surface area contributed by atoms with E-state index in [1.807, 2.05) is 0 Å². The van der Waals surface area contributed by atoms with E-state index in [-0.39, 0.29) is 17.6 Å². The Kier molecular flexibility index (Phi) is 3.55. The molecule has 0 amide bonds. The zero-order valence-corrected chi connectivity index (χ0v) is 9.71. The number of nitrogens with zero attached hydrogens (tertiary/aromatic N) is 1. The monoisotopic (exact) mass is 195 g/mol. The van der Waals surface area contributed by atoms with Crippen LogP contribution in [0.2, 0.25) is 0 Å². The van der Waals surface area contributed by atoms with E-state index in [1.165, 1.54) is 6.42 Å². The molecule has 0 aliphatic heterocycles. The topological polar surface area (TPSA) is 33.0 Å². The Morgan fingerprint density at radius 3 is 2.43 bits per heavy atom. The third-order valence-electron chi connectivity index (χ3n) is 2.72. The molecular formula is C12H21NO. The Hall–Kier alpha value is -0.550. The molecule has 80 valence electrons. The highest BCUT2D eigenvalue weighted by molar-refractivity contribution is 4.93. The zero-order valence-electron chi connectivity index (χ0n) is 9.71. The van der Waals surface area contributed by atoms with Crippen molar-refractivity contribution in [3.8, 4) is 6.07 Å². The maximum absolute atomic E-state index is 9.01. The van der Waals surface area contributed by atoms with Crippen molar-refractivity contribution in [1.29, 1.82) is 5.26 Å². The summed E-state index contributed by atoms with van der Waals surface area (Å²) >= 11 is 0. The van der Waals surface area contributed by atoms with Gasteiger partial charge in [0.15, 0.2) is 0 Å². The average molecular weight is 195 g/mol. The van der Waals surface area contributed by atoms with Gasteiger partial charge in [-0.15, -0.1) is 0 Å². The summed E-state index contributed by atoms with van der Waals surface area (Å²) < 4.78 is 5.93. The van der Waals surface area contributed by atoms with E-state index in [2.05, 4.69) is 33.8 Å². The zero-order chi connectivity index (χ0) is 10.8. The molecule has 14 heavy (non-hydrogen) atoms. The van der Waals surface area contributed by atoms with Gasteiger partial charge in [0.2, 0.25) is 0 Å². The van der Waals surface area contributed by atoms with Gasteiger partial charge in [0.05, 0.1) is 23.7 Å². The number of hydrogen-bond donors (Lipinski definition) is 0. The van der Waals surface area contributed by atoms with E-state index in [0.29, 0.717) is 5.92 Å². The molecule has 2 heteroatoms. The fraction of sp³-hybridized carbons (Fsp3) is 0.917. The summed E-state index contributed by atoms with van der Waals surface area (Å²) in [6.07, 6.45) is 3.35. The number of rotatable bonds is 1. The van der Waals surface area contributed by atoms with Crippen molar-refractivity contribution in [2.45, 2.75) is 58.7 Å². The first kappa shape index (κ1) is 11.5. The van der Waals surface area contributed by atoms with Crippen LogP contribution in [-0.4, -0.2) is 11.7 Å². The fourth-order valence-corrected chi connectivity index (χ4v) is 2.06. The SMILES string of the molecule is CC1CCC(C#N)C(OC(C)(C)C)C1. The van der Waals surface area contributed by atoms with E-state index < -0.39 is 0 Å². The van der Waals surface area contributed by atoms with E-state index in [9.17, 15) is 0 Å². The van der Waals surface area contributed by atoms with Crippen LogP contribution in [0.15, 0.2) is 0 Å². The second kappa shape index (κ2) is 4.31. The van der Waals surface area contributed by atoms with Crippen LogP contribution in [0, 0.1) is 23.2 Å². The first-order valence-electron chi connectivity index (χ1n) is 5.50. The Bertz CT molecular complexity index is 223. The normalized spacial score (nSPS) is 33.8. The van der Waals surface area contributed by atoms with Gasteiger partial charge in [-0.1, -0.05) is 6.92 Å². The molecule has 2 nitrogen and oxygen atoms in total. The third-order valence-corrected chi connectivity index (χ3v) is 2.72. The van der Waals surface area contributed by atoms with E-state index in [0.717, 1.165) is 12.8 Å². The lowest BCUT2D eigenvalue weighted by Gasteiger charge is -2.35. The van der Waals surface area contributed by atoms with Gasteiger partial charge in [0.1, 0.15) is 0 Å². The molecule has 0 N–H and O–H groups in total. The van der Waals surface area contributed by atoms with E-state index >= 15 is 0 Å². The molecule has 0 heterocycles. The van der Waals surface area contributed by atoms with Gasteiger partial charge in [0, 0.05) is 0 Å². The molecule has 1 rings (SSSR count). The van der Waals surface area contributed by atoms with E-state index in [1.54, 1.807) is 0 Å². The molecule has 1 aliphatic carbocycles. The molecule has 3 unspecified atom stereocenters. The Balaban J connectivity index is 2.59. The Labute approximate surface area is 87.3 Å². The molecule has 0 saturated heterocycles. The lowest BCUT2D eigenvalue weighted by molar-refractivity contribution is -0.0950. The molecular weight excluding hydrogens is 174 g/mol. The van der Waals surface area contributed by atoms with Gasteiger partial charge < -0.3 is 4.74 Å². The summed E-state index contributed by atoms with van der Waals surface area (Å²) in [4.78, 5) is 0. The second-order valence-corrected chi connectivity index (χ2v) is 5.42. The second-order valence-electron chi connectivity index (χ2n) is 5.42. The van der Waals surface area contributed by atoms with Crippen molar-refractivity contribution in [3.63, 3.8) is 0 Å². The number of hydrogen-bond acceptors (Lipinski definition) is 2. The van der Waals surface area contributed by atoms with Crippen LogP contribution in [0.1, 0.15) is 47.0 Å². The number of ether oxygens (including phenoxy) is 1. The van der Waals surface area contributed by atoms with Gasteiger partial charge in [0.25, 0.3) is 0 Å². The molecule has 1 aliphatic rings. The Morgan fingerprint density at radius 1 is 1.29 bits per heavy atom. The predicted octanol–water partition coefficient (Wildman–Crippen LogP) is 3.13. The predicted molar refractivity (Wildman–Crippen MR) is 56.7 cm³/mol. The lowest BCUT2D eigenvalue weighted by Crippen LogP contribution is -2.36. The molecule has 0 spiro atoms. The summed E-state index contributed by atoms with van der Waals surface area (Å²) in [6.45, 7) is 8.41. The van der Waals surface area contributed by atoms with Crippen LogP contribution in [0.25, 0.3) is 0 Å². The van der Waals surface area contributed by atoms with Crippen LogP contribution in [-0.2, 0) is 4.74 Å². The standard InChI is InChI=1S/C12H21NO/c1-9-5-6-10(8-13)11(7-9)14-12(2,3)4/h9-11H,5-7H2,1-4H3. The van der Waals surface area contributed by atoms with Gasteiger partial charge in [-0.25, -0.2) is 0 Å². The first-order chi connectivity index (χ1) is 6.42. The highest BCUT2D eigenvalue weighted by atomic mass is 16.5. The molecule has 1 saturated carbocycles.